The Hall–Kier alpha value is -2.94. The number of aromatic hydroxyl groups is 1. The molecule has 1 unspecified atom stereocenters. The Morgan fingerprint density at radius 2 is 1.35 bits per heavy atom. The van der Waals surface area contributed by atoms with Crippen molar-refractivity contribution in [2.24, 2.45) is 22.2 Å². The molecule has 3 heteroatoms. The second-order valence-corrected chi connectivity index (χ2v) is 13.0. The third-order valence-electron chi connectivity index (χ3n) is 8.87. The van der Waals surface area contributed by atoms with Crippen LogP contribution < -0.4 is 0 Å². The van der Waals surface area contributed by atoms with Crippen molar-refractivity contribution in [1.82, 2.24) is 0 Å². The molecule has 0 aliphatic heterocycles. The van der Waals surface area contributed by atoms with Gasteiger partial charge < -0.3 is 5.11 Å². The van der Waals surface area contributed by atoms with Crippen LogP contribution in [0.25, 0.3) is 0 Å². The van der Waals surface area contributed by atoms with Crippen LogP contribution in [0.5, 0.6) is 5.75 Å². The Morgan fingerprint density at radius 3 is 1.72 bits per heavy atom. The lowest BCUT2D eigenvalue weighted by atomic mass is 9.62. The summed E-state index contributed by atoms with van der Waals surface area (Å²) in [5.74, 6) is 1.74. The van der Waals surface area contributed by atoms with Gasteiger partial charge in [-0.25, -0.2) is 0 Å². The van der Waals surface area contributed by atoms with E-state index >= 15 is 0 Å². The van der Waals surface area contributed by atoms with Crippen molar-refractivity contribution in [1.29, 1.82) is 0 Å². The number of benzene rings is 2. The molecule has 0 fully saturated rings. The predicted molar refractivity (Wildman–Crippen MR) is 187 cm³/mol. The van der Waals surface area contributed by atoms with Crippen LogP contribution in [-0.2, 0) is 4.79 Å². The topological polar surface area (TPSA) is 54.4 Å². The summed E-state index contributed by atoms with van der Waals surface area (Å²) >= 11 is 0. The normalized spacial score (nSPS) is 17.6. The molecule has 0 radical (unpaired) electrons. The third-order valence-corrected chi connectivity index (χ3v) is 8.87. The SMILES string of the molecule is CC.CCC(C)(C(=O)C1(C)C/C=C\C(C)(C)/C=C\C1)C(C)C.CCC(CC)c1ccc(C)cc1.O=Cc1ccc(O)cc1. The van der Waals surface area contributed by atoms with E-state index in [1.165, 1.54) is 36.1 Å². The number of hydrogen-bond acceptors (Lipinski definition) is 3. The highest BCUT2D eigenvalue weighted by Gasteiger charge is 2.44. The monoisotopic (exact) mass is 590 g/mol. The molecule has 0 aromatic heterocycles. The molecular formula is C40H62O3. The Labute approximate surface area is 264 Å². The van der Waals surface area contributed by atoms with Crippen LogP contribution in [0.3, 0.4) is 0 Å². The van der Waals surface area contributed by atoms with Crippen molar-refractivity contribution < 1.29 is 14.7 Å². The van der Waals surface area contributed by atoms with Crippen LogP contribution in [0.1, 0.15) is 136 Å². The zero-order valence-corrected chi connectivity index (χ0v) is 29.5. The maximum absolute atomic E-state index is 13.2. The van der Waals surface area contributed by atoms with Gasteiger partial charge in [0.2, 0.25) is 0 Å². The zero-order chi connectivity index (χ0) is 33.3. The minimum Gasteiger partial charge on any atom is -0.508 e. The third kappa shape index (κ3) is 13.1. The molecule has 1 aliphatic rings. The predicted octanol–water partition coefficient (Wildman–Crippen LogP) is 11.7. The fraction of sp³-hybridized carbons (Fsp3) is 0.550. The summed E-state index contributed by atoms with van der Waals surface area (Å²) in [4.78, 5) is 23.2. The number of phenolic OH excluding ortho intramolecular Hbond substituents is 1. The minimum atomic E-state index is -0.265. The number of allylic oxidation sites excluding steroid dienone is 4. The van der Waals surface area contributed by atoms with E-state index in [1.54, 1.807) is 12.1 Å². The van der Waals surface area contributed by atoms with Crippen LogP contribution in [0.15, 0.2) is 72.8 Å². The van der Waals surface area contributed by atoms with Gasteiger partial charge >= 0.3 is 0 Å². The lowest BCUT2D eigenvalue weighted by Crippen LogP contribution is -2.43. The summed E-state index contributed by atoms with van der Waals surface area (Å²) in [5.41, 5.74) is 3.04. The average molecular weight is 591 g/mol. The van der Waals surface area contributed by atoms with Gasteiger partial charge in [0, 0.05) is 21.8 Å². The average Bonchev–Trinajstić information content (AvgIpc) is 2.99. The molecule has 1 aliphatic carbocycles. The number of aryl methyl sites for hydroxylation is 1. The smallest absolute Gasteiger partial charge is 0.150 e. The lowest BCUT2D eigenvalue weighted by molar-refractivity contribution is -0.140. The van der Waals surface area contributed by atoms with E-state index < -0.39 is 0 Å². The summed E-state index contributed by atoms with van der Waals surface area (Å²) in [7, 11) is 0. The van der Waals surface area contributed by atoms with Crippen molar-refractivity contribution in [3.63, 3.8) is 0 Å². The molecule has 2 aromatic carbocycles. The molecule has 1 atom stereocenters. The Balaban J connectivity index is 0.000000649. The molecule has 0 amide bonds. The summed E-state index contributed by atoms with van der Waals surface area (Å²) in [6.45, 7) is 25.8. The van der Waals surface area contributed by atoms with E-state index in [0.29, 0.717) is 17.3 Å². The number of rotatable bonds is 8. The van der Waals surface area contributed by atoms with Gasteiger partial charge in [-0.05, 0) is 80.7 Å². The van der Waals surface area contributed by atoms with E-state index in [9.17, 15) is 9.59 Å². The molecule has 0 saturated carbocycles. The maximum atomic E-state index is 13.2. The number of carbonyl (C=O) groups excluding carboxylic acids is 2. The Morgan fingerprint density at radius 1 is 0.884 bits per heavy atom. The zero-order valence-electron chi connectivity index (χ0n) is 29.5. The second-order valence-electron chi connectivity index (χ2n) is 13.0. The fourth-order valence-corrected chi connectivity index (χ4v) is 5.24. The van der Waals surface area contributed by atoms with Gasteiger partial charge in [-0.3, -0.25) is 9.59 Å². The first kappa shape index (κ1) is 40.1. The molecule has 3 rings (SSSR count). The Bertz CT molecular complexity index is 1100. The van der Waals surface area contributed by atoms with Crippen LogP contribution in [-0.4, -0.2) is 17.2 Å². The quantitative estimate of drug-likeness (QED) is 0.246. The number of phenols is 1. The molecule has 0 spiro atoms. The van der Waals surface area contributed by atoms with E-state index in [-0.39, 0.29) is 22.0 Å². The lowest BCUT2D eigenvalue weighted by Gasteiger charge is -2.40. The van der Waals surface area contributed by atoms with Crippen LogP contribution in [0.2, 0.25) is 0 Å². The summed E-state index contributed by atoms with van der Waals surface area (Å²) in [6, 6.07) is 15.0. The first-order valence-electron chi connectivity index (χ1n) is 16.4. The van der Waals surface area contributed by atoms with Crippen LogP contribution >= 0.6 is 0 Å². The summed E-state index contributed by atoms with van der Waals surface area (Å²) in [6.07, 6.45) is 14.7. The maximum Gasteiger partial charge on any atom is 0.150 e. The standard InChI is InChI=1S/C19H32O.C12H18.C7H6O2.C2H6/c1-8-19(7,15(2)3)16(20)18(6)13-9-11-17(4,5)12-10-14-18;1-4-11(5-2)12-8-6-10(3)7-9-12;8-5-6-1-3-7(9)4-2-6;1-2/h9-12,15H,8,13-14H2,1-7H3;6-9,11H,4-5H2,1-3H3;1-5,9H;1-2H3/b11-9-,12-10-;;;. The summed E-state index contributed by atoms with van der Waals surface area (Å²) in [5, 5.41) is 8.74. The van der Waals surface area contributed by atoms with Crippen LogP contribution in [0, 0.1) is 29.1 Å². The van der Waals surface area contributed by atoms with Gasteiger partial charge in [-0.1, -0.05) is 130 Å². The van der Waals surface area contributed by atoms with Gasteiger partial charge in [0.15, 0.2) is 0 Å². The molecule has 2 aromatic rings. The molecule has 3 nitrogen and oxygen atoms in total. The number of Topliss-reactive ketones (excluding diaryl/α,β-unsaturated/α-hetero) is 1. The van der Waals surface area contributed by atoms with Crippen molar-refractivity contribution >= 4 is 12.1 Å². The largest absolute Gasteiger partial charge is 0.508 e. The first-order chi connectivity index (χ1) is 20.2. The Kier molecular flexibility index (Phi) is 18.0. The minimum absolute atomic E-state index is 0.108. The fourth-order valence-electron chi connectivity index (χ4n) is 5.24. The summed E-state index contributed by atoms with van der Waals surface area (Å²) < 4.78 is 0. The van der Waals surface area contributed by atoms with E-state index in [0.717, 1.165) is 31.5 Å². The molecule has 1 N–H and O–H groups in total. The molecule has 0 saturated heterocycles. The molecule has 240 valence electrons. The molecule has 0 bridgehead atoms. The molecule has 43 heavy (non-hydrogen) atoms. The number of carbonyl (C=O) groups is 2. The molecule has 0 heterocycles. The van der Waals surface area contributed by atoms with Crippen molar-refractivity contribution in [2.75, 3.05) is 0 Å². The van der Waals surface area contributed by atoms with Crippen LogP contribution in [0.4, 0.5) is 0 Å². The van der Waals surface area contributed by atoms with E-state index in [1.807, 2.05) is 13.8 Å². The van der Waals surface area contributed by atoms with Crippen molar-refractivity contribution in [2.45, 2.75) is 121 Å². The highest BCUT2D eigenvalue weighted by Crippen LogP contribution is 2.43. The van der Waals surface area contributed by atoms with Gasteiger partial charge in [-0.15, -0.1) is 0 Å². The van der Waals surface area contributed by atoms with Gasteiger partial charge in [0.25, 0.3) is 0 Å². The van der Waals surface area contributed by atoms with Gasteiger partial charge in [-0.2, -0.15) is 0 Å². The first-order valence-corrected chi connectivity index (χ1v) is 16.4. The number of ketones is 1. The van der Waals surface area contributed by atoms with Gasteiger partial charge in [0.05, 0.1) is 0 Å². The van der Waals surface area contributed by atoms with E-state index in [2.05, 4.69) is 118 Å². The highest BCUT2D eigenvalue weighted by atomic mass is 16.3. The number of hydrogen-bond donors (Lipinski definition) is 1. The molecular weight excluding hydrogens is 528 g/mol. The van der Waals surface area contributed by atoms with Crippen molar-refractivity contribution in [3.05, 3.63) is 89.5 Å². The highest BCUT2D eigenvalue weighted by molar-refractivity contribution is 5.90. The van der Waals surface area contributed by atoms with Gasteiger partial charge in [0.1, 0.15) is 17.8 Å². The second kappa shape index (κ2) is 19.4. The van der Waals surface area contributed by atoms with E-state index in [4.69, 9.17) is 5.11 Å². The van der Waals surface area contributed by atoms with Crippen molar-refractivity contribution in [3.8, 4) is 5.75 Å². The number of aldehydes is 1.